The number of hydrogen-bond acceptors (Lipinski definition) is 6. The number of aliphatic hydroxyl groups is 1. The predicted molar refractivity (Wildman–Crippen MR) is 121 cm³/mol. The van der Waals surface area contributed by atoms with Gasteiger partial charge in [-0.3, -0.25) is 9.59 Å². The SMILES string of the molecule is CC=Cc1cnc2c(c1)C(=O)N([C@H](C)CO)C[C@H](C)[C@@H](CN(C)C(=O)C1CCOCC1)O2. The van der Waals surface area contributed by atoms with E-state index in [0.29, 0.717) is 31.9 Å². The molecule has 0 unspecified atom stereocenters. The van der Waals surface area contributed by atoms with E-state index in [1.54, 1.807) is 29.1 Å². The number of carbonyl (C=O) groups is 2. The minimum Gasteiger partial charge on any atom is -0.472 e. The van der Waals surface area contributed by atoms with Crippen LogP contribution in [0.4, 0.5) is 0 Å². The summed E-state index contributed by atoms with van der Waals surface area (Å²) in [6, 6.07) is 1.43. The number of fused-ring (bicyclic) bond motifs is 1. The van der Waals surface area contributed by atoms with Crippen LogP contribution in [0.15, 0.2) is 18.3 Å². The van der Waals surface area contributed by atoms with Gasteiger partial charge in [0.2, 0.25) is 11.8 Å². The number of amides is 2. The molecule has 3 heterocycles. The molecule has 0 aromatic carbocycles. The minimum absolute atomic E-state index is 0.0288. The normalized spacial score (nSPS) is 23.3. The van der Waals surface area contributed by atoms with Crippen molar-refractivity contribution < 1.29 is 24.2 Å². The lowest BCUT2D eigenvalue weighted by Gasteiger charge is -2.38. The fourth-order valence-corrected chi connectivity index (χ4v) is 4.24. The summed E-state index contributed by atoms with van der Waals surface area (Å²) in [6.45, 7) is 7.63. The monoisotopic (exact) mass is 445 g/mol. The highest BCUT2D eigenvalue weighted by molar-refractivity contribution is 5.97. The zero-order valence-electron chi connectivity index (χ0n) is 19.5. The van der Waals surface area contributed by atoms with Gasteiger partial charge in [0.15, 0.2) is 0 Å². The first-order valence-electron chi connectivity index (χ1n) is 11.4. The average Bonchev–Trinajstić information content (AvgIpc) is 2.81. The van der Waals surface area contributed by atoms with E-state index >= 15 is 0 Å². The van der Waals surface area contributed by atoms with Crippen LogP contribution in [-0.2, 0) is 9.53 Å². The maximum atomic E-state index is 13.3. The summed E-state index contributed by atoms with van der Waals surface area (Å²) >= 11 is 0. The lowest BCUT2D eigenvalue weighted by Crippen LogP contribution is -2.51. The van der Waals surface area contributed by atoms with E-state index in [2.05, 4.69) is 4.98 Å². The third-order valence-electron chi connectivity index (χ3n) is 6.30. The number of hydrogen-bond donors (Lipinski definition) is 1. The molecule has 176 valence electrons. The largest absolute Gasteiger partial charge is 0.472 e. The van der Waals surface area contributed by atoms with Crippen LogP contribution in [0.25, 0.3) is 6.08 Å². The molecule has 0 spiro atoms. The maximum absolute atomic E-state index is 13.3. The van der Waals surface area contributed by atoms with Crippen molar-refractivity contribution in [3.63, 3.8) is 0 Å². The van der Waals surface area contributed by atoms with Crippen LogP contribution in [0.1, 0.15) is 49.5 Å². The predicted octanol–water partition coefficient (Wildman–Crippen LogP) is 2.22. The van der Waals surface area contributed by atoms with E-state index in [1.165, 1.54) is 0 Å². The van der Waals surface area contributed by atoms with Crippen LogP contribution >= 0.6 is 0 Å². The molecular formula is C24H35N3O5. The highest BCUT2D eigenvalue weighted by Gasteiger charge is 2.35. The molecule has 1 aromatic rings. The van der Waals surface area contributed by atoms with Crippen LogP contribution in [0.2, 0.25) is 0 Å². The van der Waals surface area contributed by atoms with Gasteiger partial charge in [0.1, 0.15) is 11.7 Å². The summed E-state index contributed by atoms with van der Waals surface area (Å²) in [7, 11) is 1.80. The molecule has 1 N–H and O–H groups in total. The molecule has 1 saturated heterocycles. The average molecular weight is 446 g/mol. The van der Waals surface area contributed by atoms with Gasteiger partial charge >= 0.3 is 0 Å². The third-order valence-corrected chi connectivity index (χ3v) is 6.30. The molecule has 32 heavy (non-hydrogen) atoms. The van der Waals surface area contributed by atoms with Gasteiger partial charge < -0.3 is 24.4 Å². The summed E-state index contributed by atoms with van der Waals surface area (Å²) in [6.07, 6.45) is 6.56. The molecule has 3 rings (SSSR count). The van der Waals surface area contributed by atoms with Crippen molar-refractivity contribution >= 4 is 17.9 Å². The topological polar surface area (TPSA) is 92.2 Å². The Kier molecular flexibility index (Phi) is 8.26. The van der Waals surface area contributed by atoms with Gasteiger partial charge in [-0.15, -0.1) is 0 Å². The summed E-state index contributed by atoms with van der Waals surface area (Å²) < 4.78 is 11.6. The van der Waals surface area contributed by atoms with Crippen molar-refractivity contribution in [3.05, 3.63) is 29.5 Å². The first-order chi connectivity index (χ1) is 15.3. The molecule has 0 aliphatic carbocycles. The second-order valence-corrected chi connectivity index (χ2v) is 8.85. The Hall–Kier alpha value is -2.45. The molecule has 1 aromatic heterocycles. The van der Waals surface area contributed by atoms with E-state index in [0.717, 1.165) is 18.4 Å². The molecule has 8 heteroatoms. The number of pyridine rings is 1. The lowest BCUT2D eigenvalue weighted by molar-refractivity contribution is -0.138. The number of aliphatic hydroxyl groups excluding tert-OH is 1. The Morgan fingerprint density at radius 1 is 1.41 bits per heavy atom. The first kappa shape index (κ1) is 24.2. The van der Waals surface area contributed by atoms with E-state index in [9.17, 15) is 14.7 Å². The van der Waals surface area contributed by atoms with Gasteiger partial charge in [-0.05, 0) is 38.3 Å². The minimum atomic E-state index is -0.344. The van der Waals surface area contributed by atoms with Gasteiger partial charge in [0.05, 0.1) is 19.2 Å². The van der Waals surface area contributed by atoms with E-state index in [-0.39, 0.29) is 48.3 Å². The van der Waals surface area contributed by atoms with Crippen LogP contribution in [-0.4, -0.2) is 83.8 Å². The number of ether oxygens (including phenoxy) is 2. The van der Waals surface area contributed by atoms with Gasteiger partial charge in [0, 0.05) is 44.8 Å². The van der Waals surface area contributed by atoms with Crippen molar-refractivity contribution in [1.29, 1.82) is 0 Å². The molecule has 2 amide bonds. The Balaban J connectivity index is 1.88. The van der Waals surface area contributed by atoms with Gasteiger partial charge in [-0.25, -0.2) is 4.98 Å². The molecule has 3 atom stereocenters. The number of allylic oxidation sites excluding steroid dienone is 1. The van der Waals surface area contributed by atoms with Crippen molar-refractivity contribution in [2.45, 2.75) is 45.8 Å². The Labute approximate surface area is 190 Å². The summed E-state index contributed by atoms with van der Waals surface area (Å²) in [4.78, 5) is 34.1. The van der Waals surface area contributed by atoms with Crippen LogP contribution in [0, 0.1) is 11.8 Å². The Morgan fingerprint density at radius 3 is 2.78 bits per heavy atom. The summed E-state index contributed by atoms with van der Waals surface area (Å²) in [5, 5.41) is 9.75. The molecule has 1 fully saturated rings. The van der Waals surface area contributed by atoms with Gasteiger partial charge in [-0.1, -0.05) is 19.1 Å². The number of aromatic nitrogens is 1. The molecular weight excluding hydrogens is 410 g/mol. The second-order valence-electron chi connectivity index (χ2n) is 8.85. The van der Waals surface area contributed by atoms with Crippen molar-refractivity contribution in [3.8, 4) is 5.88 Å². The smallest absolute Gasteiger partial charge is 0.259 e. The molecule has 2 aliphatic rings. The van der Waals surface area contributed by atoms with Crippen molar-refractivity contribution in [2.24, 2.45) is 11.8 Å². The zero-order chi connectivity index (χ0) is 23.3. The lowest BCUT2D eigenvalue weighted by atomic mass is 9.97. The number of nitrogens with zero attached hydrogens (tertiary/aromatic N) is 3. The standard InChI is InChI=1S/C24H35N3O5/c1-5-6-18-11-20-22(25-12-18)32-21(16(2)13-27(24(20)30)17(3)15-28)14-26(4)23(29)19-7-9-31-10-8-19/h5-6,11-12,16-17,19,21,28H,7-10,13-15H2,1-4H3/t16-,17+,21+/m0/s1. The van der Waals surface area contributed by atoms with Crippen molar-refractivity contribution in [1.82, 2.24) is 14.8 Å². The molecule has 2 aliphatic heterocycles. The summed E-state index contributed by atoms with van der Waals surface area (Å²) in [5.41, 5.74) is 1.17. The van der Waals surface area contributed by atoms with Gasteiger partial charge in [-0.2, -0.15) is 0 Å². The first-order valence-corrected chi connectivity index (χ1v) is 11.4. The molecule has 0 saturated carbocycles. The second kappa shape index (κ2) is 10.9. The summed E-state index contributed by atoms with van der Waals surface area (Å²) in [5.74, 6) is 0.0561. The molecule has 8 nitrogen and oxygen atoms in total. The van der Waals surface area contributed by atoms with E-state index in [1.807, 2.05) is 32.9 Å². The molecule has 0 radical (unpaired) electrons. The fourth-order valence-electron chi connectivity index (χ4n) is 4.24. The Morgan fingerprint density at radius 2 is 2.12 bits per heavy atom. The maximum Gasteiger partial charge on any atom is 0.259 e. The molecule has 0 bridgehead atoms. The van der Waals surface area contributed by atoms with E-state index in [4.69, 9.17) is 9.47 Å². The van der Waals surface area contributed by atoms with Crippen LogP contribution in [0.3, 0.4) is 0 Å². The van der Waals surface area contributed by atoms with Crippen LogP contribution in [0.5, 0.6) is 5.88 Å². The Bertz CT molecular complexity index is 837. The number of carbonyl (C=O) groups excluding carboxylic acids is 2. The van der Waals surface area contributed by atoms with Gasteiger partial charge in [0.25, 0.3) is 5.91 Å². The third kappa shape index (κ3) is 5.48. The quantitative estimate of drug-likeness (QED) is 0.722. The number of likely N-dealkylation sites (N-methyl/N-ethyl adjacent to an activating group) is 1. The zero-order valence-corrected chi connectivity index (χ0v) is 19.5. The van der Waals surface area contributed by atoms with E-state index < -0.39 is 0 Å². The van der Waals surface area contributed by atoms with Crippen LogP contribution < -0.4 is 4.74 Å². The highest BCUT2D eigenvalue weighted by Crippen LogP contribution is 2.28. The highest BCUT2D eigenvalue weighted by atomic mass is 16.5. The fraction of sp³-hybridized carbons (Fsp3) is 0.625. The number of rotatable bonds is 6. The van der Waals surface area contributed by atoms with Crippen molar-refractivity contribution in [2.75, 3.05) is 40.0 Å².